The maximum atomic E-state index is 14.0. The molecule has 5 aromatic carbocycles. The second kappa shape index (κ2) is 18.7. The van der Waals surface area contributed by atoms with Crippen LogP contribution in [0.5, 0.6) is 0 Å². The Morgan fingerprint density at radius 3 is 2.07 bits per heavy atom. The zero-order valence-corrected chi connectivity index (χ0v) is 33.4. The van der Waals surface area contributed by atoms with Gasteiger partial charge in [0.2, 0.25) is 15.9 Å². The van der Waals surface area contributed by atoms with Crippen LogP contribution in [-0.2, 0) is 43.9 Å². The lowest BCUT2D eigenvalue weighted by molar-refractivity contribution is -0.276. The molecule has 5 aromatic rings. The van der Waals surface area contributed by atoms with Gasteiger partial charge < -0.3 is 19.9 Å². The molecule has 10 nitrogen and oxygen atoms in total. The van der Waals surface area contributed by atoms with E-state index < -0.39 is 28.3 Å². The molecule has 2 saturated heterocycles. The quantitative estimate of drug-likeness (QED) is 0.115. The summed E-state index contributed by atoms with van der Waals surface area (Å²) in [6.45, 7) is 9.49. The van der Waals surface area contributed by atoms with Crippen molar-refractivity contribution >= 4 is 21.6 Å². The number of rotatable bonds is 14. The second-order valence-electron chi connectivity index (χ2n) is 15.2. The van der Waals surface area contributed by atoms with E-state index >= 15 is 0 Å². The molecule has 0 radical (unpaired) electrons. The fraction of sp³-hybridized carbons (Fsp3) is 0.326. The highest BCUT2D eigenvalue weighted by atomic mass is 32.2. The highest BCUT2D eigenvalue weighted by Crippen LogP contribution is 2.42. The Hall–Kier alpha value is -4.72. The number of nitrogens with zero attached hydrogens (tertiary/aromatic N) is 2. The first kappa shape index (κ1) is 40.5. The summed E-state index contributed by atoms with van der Waals surface area (Å²) < 4.78 is 43.2. The first-order chi connectivity index (χ1) is 27.6. The molecule has 1 amide bonds. The smallest absolute Gasteiger partial charge is 0.242 e. The number of benzene rings is 5. The minimum Gasteiger partial charge on any atom is -0.392 e. The lowest BCUT2D eigenvalue weighted by atomic mass is 9.90. The fourth-order valence-corrected chi connectivity index (χ4v) is 8.75. The minimum atomic E-state index is -4.01. The number of aliphatic hydroxyl groups excluding tert-OH is 1. The lowest BCUT2D eigenvalue weighted by Gasteiger charge is -2.44. The number of hydrogen-bond donors (Lipinski definition) is 3. The minimum absolute atomic E-state index is 0.0201. The standard InChI is InChI=1S/C46H52N4O6S/c1-33-16-22-41(23-17-33)57(53,54)48-42(28-35-10-5-3-6-11-35)45(52)47-40-15-9-14-39(29-40)46-55-43(34(2)44(56-46)38-20-18-37(32-51)19-21-38)31-50-26-24-49(25-27-50)30-36-12-7-4-8-13-36/h3-23,29,34,42-44,46,48,51H,24-28,30-32H2,1-2H3,(H,47,52)/t34-,42-,43+,44+,46+/m1/s1. The van der Waals surface area contributed by atoms with Gasteiger partial charge in [0.25, 0.3) is 0 Å². The van der Waals surface area contributed by atoms with Crippen LogP contribution >= 0.6 is 0 Å². The topological polar surface area (TPSA) is 120 Å². The van der Waals surface area contributed by atoms with Crippen molar-refractivity contribution in [1.29, 1.82) is 0 Å². The van der Waals surface area contributed by atoms with E-state index in [1.165, 1.54) is 17.7 Å². The van der Waals surface area contributed by atoms with Crippen molar-refractivity contribution in [3.8, 4) is 0 Å². The molecule has 2 aliphatic heterocycles. The molecule has 3 N–H and O–H groups in total. The van der Waals surface area contributed by atoms with E-state index in [0.717, 1.165) is 67.1 Å². The summed E-state index contributed by atoms with van der Waals surface area (Å²) in [5.74, 6) is -0.469. The van der Waals surface area contributed by atoms with Crippen LogP contribution in [0.4, 0.5) is 5.69 Å². The molecule has 57 heavy (non-hydrogen) atoms. The predicted octanol–water partition coefficient (Wildman–Crippen LogP) is 6.62. The van der Waals surface area contributed by atoms with Gasteiger partial charge in [0.05, 0.1) is 23.7 Å². The van der Waals surface area contributed by atoms with Crippen LogP contribution in [0.1, 0.15) is 52.7 Å². The second-order valence-corrected chi connectivity index (χ2v) is 16.9. The molecule has 0 spiro atoms. The summed E-state index contributed by atoms with van der Waals surface area (Å²) in [6.07, 6.45) is -1.02. The lowest BCUT2D eigenvalue weighted by Crippen LogP contribution is -2.51. The molecule has 11 heteroatoms. The number of sulfonamides is 1. The summed E-state index contributed by atoms with van der Waals surface area (Å²) >= 11 is 0. The molecule has 2 heterocycles. The summed E-state index contributed by atoms with van der Waals surface area (Å²) in [5.41, 5.74) is 6.12. The number of carbonyl (C=O) groups excluding carboxylic acids is 1. The number of aryl methyl sites for hydroxylation is 1. The van der Waals surface area contributed by atoms with E-state index in [2.05, 4.69) is 51.0 Å². The highest BCUT2D eigenvalue weighted by Gasteiger charge is 2.39. The van der Waals surface area contributed by atoms with Gasteiger partial charge in [-0.25, -0.2) is 8.42 Å². The predicted molar refractivity (Wildman–Crippen MR) is 222 cm³/mol. The van der Waals surface area contributed by atoms with Crippen LogP contribution in [0.3, 0.4) is 0 Å². The third-order valence-electron chi connectivity index (χ3n) is 10.9. The van der Waals surface area contributed by atoms with Crippen molar-refractivity contribution in [2.75, 3.05) is 38.0 Å². The maximum Gasteiger partial charge on any atom is 0.242 e. The van der Waals surface area contributed by atoms with Crippen molar-refractivity contribution < 1.29 is 27.8 Å². The zero-order chi connectivity index (χ0) is 39.8. The van der Waals surface area contributed by atoms with E-state index in [1.54, 1.807) is 18.2 Å². The number of ether oxygens (including phenoxy) is 2. The van der Waals surface area contributed by atoms with E-state index in [0.29, 0.717) is 5.69 Å². The molecule has 0 aliphatic carbocycles. The summed E-state index contributed by atoms with van der Waals surface area (Å²) in [5, 5.41) is 12.7. The average Bonchev–Trinajstić information content (AvgIpc) is 3.23. The first-order valence-electron chi connectivity index (χ1n) is 19.7. The number of carbonyl (C=O) groups is 1. The van der Waals surface area contributed by atoms with Crippen molar-refractivity contribution in [2.24, 2.45) is 5.92 Å². The van der Waals surface area contributed by atoms with Gasteiger partial charge in [0.1, 0.15) is 6.04 Å². The Bertz CT molecular complexity index is 2160. The molecule has 2 fully saturated rings. The van der Waals surface area contributed by atoms with Gasteiger partial charge in [-0.05, 0) is 59.9 Å². The SMILES string of the molecule is Cc1ccc(S(=O)(=O)N[C@H](Cc2ccccc2)C(=O)Nc2cccc([C@H]3O[C@@H](CN4CCN(Cc5ccccc5)CC4)[C@@H](C)[C@@H](c4ccc(CO)cc4)O3)c2)cc1. The van der Waals surface area contributed by atoms with E-state index in [1.807, 2.05) is 85.8 Å². The third kappa shape index (κ3) is 10.6. The maximum absolute atomic E-state index is 14.0. The van der Waals surface area contributed by atoms with Gasteiger partial charge in [-0.2, -0.15) is 4.72 Å². The van der Waals surface area contributed by atoms with Crippen LogP contribution in [-0.4, -0.2) is 74.1 Å². The first-order valence-corrected chi connectivity index (χ1v) is 21.1. The Morgan fingerprint density at radius 2 is 1.40 bits per heavy atom. The largest absolute Gasteiger partial charge is 0.392 e. The van der Waals surface area contributed by atoms with Crippen molar-refractivity contribution in [3.63, 3.8) is 0 Å². The van der Waals surface area contributed by atoms with Crippen molar-refractivity contribution in [1.82, 2.24) is 14.5 Å². The molecular weight excluding hydrogens is 737 g/mol. The molecular formula is C46H52N4O6S. The molecule has 298 valence electrons. The van der Waals surface area contributed by atoms with E-state index in [-0.39, 0.29) is 36.0 Å². The monoisotopic (exact) mass is 788 g/mol. The van der Waals surface area contributed by atoms with Crippen molar-refractivity contribution in [2.45, 2.75) is 62.9 Å². The van der Waals surface area contributed by atoms with Gasteiger partial charge in [-0.15, -0.1) is 0 Å². The van der Waals surface area contributed by atoms with E-state index in [9.17, 15) is 18.3 Å². The van der Waals surface area contributed by atoms with Crippen LogP contribution in [0, 0.1) is 12.8 Å². The Morgan fingerprint density at radius 1 is 0.754 bits per heavy atom. The molecule has 0 unspecified atom stereocenters. The Labute approximate surface area is 336 Å². The summed E-state index contributed by atoms with van der Waals surface area (Å²) in [4.78, 5) is 19.0. The molecule has 0 saturated carbocycles. The van der Waals surface area contributed by atoms with Gasteiger partial charge in [0.15, 0.2) is 6.29 Å². The number of nitrogens with one attached hydrogen (secondary N) is 2. The fourth-order valence-electron chi connectivity index (χ4n) is 7.56. The van der Waals surface area contributed by atoms with Gasteiger partial charge in [-0.3, -0.25) is 14.6 Å². The van der Waals surface area contributed by atoms with Crippen molar-refractivity contribution in [3.05, 3.63) is 167 Å². The number of hydrogen-bond acceptors (Lipinski definition) is 8. The van der Waals surface area contributed by atoms with Crippen LogP contribution in [0.25, 0.3) is 0 Å². The molecule has 2 aliphatic rings. The number of aliphatic hydroxyl groups is 1. The molecule has 0 aromatic heterocycles. The highest BCUT2D eigenvalue weighted by molar-refractivity contribution is 7.89. The normalized spacial score (nSPS) is 21.2. The summed E-state index contributed by atoms with van der Waals surface area (Å²) in [6, 6.07) is 40.6. The van der Waals surface area contributed by atoms with Gasteiger partial charge >= 0.3 is 0 Å². The molecule has 5 atom stereocenters. The molecule has 0 bridgehead atoms. The van der Waals surface area contributed by atoms with Crippen LogP contribution < -0.4 is 10.0 Å². The zero-order valence-electron chi connectivity index (χ0n) is 32.5. The number of amides is 1. The third-order valence-corrected chi connectivity index (χ3v) is 12.4. The average molecular weight is 789 g/mol. The van der Waals surface area contributed by atoms with Gasteiger partial charge in [-0.1, -0.05) is 122 Å². The summed E-state index contributed by atoms with van der Waals surface area (Å²) in [7, 11) is -4.01. The Balaban J connectivity index is 1.08. The number of anilines is 1. The van der Waals surface area contributed by atoms with Gasteiger partial charge in [0, 0.05) is 56.4 Å². The number of piperazine rings is 1. The molecule has 7 rings (SSSR count). The van der Waals surface area contributed by atoms with Crippen LogP contribution in [0.2, 0.25) is 0 Å². The van der Waals surface area contributed by atoms with Crippen LogP contribution in [0.15, 0.2) is 138 Å². The Kier molecular flexibility index (Phi) is 13.3. The van der Waals surface area contributed by atoms with E-state index in [4.69, 9.17) is 9.47 Å².